The number of esters is 1. The largest absolute Gasteiger partial charge is 0.465 e. The van der Waals surface area contributed by atoms with Crippen molar-refractivity contribution in [2.24, 2.45) is 5.73 Å². The number of carbonyl (C=O) groups excluding carboxylic acids is 2. The van der Waals surface area contributed by atoms with Gasteiger partial charge >= 0.3 is 5.97 Å². The zero-order valence-corrected chi connectivity index (χ0v) is 10.9. The van der Waals surface area contributed by atoms with E-state index in [1.165, 1.54) is 13.2 Å². The second kappa shape index (κ2) is 6.84. The van der Waals surface area contributed by atoms with E-state index in [9.17, 15) is 14.0 Å². The van der Waals surface area contributed by atoms with Crippen LogP contribution in [0, 0.1) is 5.82 Å². The fraction of sp³-hybridized carbons (Fsp3) is 0.385. The first kappa shape index (κ1) is 15.1. The second-order valence-corrected chi connectivity index (χ2v) is 4.25. The maximum absolute atomic E-state index is 13.2. The van der Waals surface area contributed by atoms with Gasteiger partial charge in [-0.3, -0.25) is 4.79 Å². The third-order valence-electron chi connectivity index (χ3n) is 2.49. The maximum Gasteiger partial charge on any atom is 0.339 e. The van der Waals surface area contributed by atoms with Gasteiger partial charge in [-0.05, 0) is 31.5 Å². The van der Waals surface area contributed by atoms with Crippen molar-refractivity contribution in [3.05, 3.63) is 29.6 Å². The molecule has 1 amide bonds. The van der Waals surface area contributed by atoms with Gasteiger partial charge < -0.3 is 15.8 Å². The predicted octanol–water partition coefficient (Wildman–Crippen LogP) is 1.68. The Morgan fingerprint density at radius 1 is 1.47 bits per heavy atom. The molecule has 104 valence electrons. The highest BCUT2D eigenvalue weighted by atomic mass is 19.1. The molecular formula is C13H17FN2O3. The number of hydrogen-bond donors (Lipinski definition) is 2. The number of nitrogens with one attached hydrogen (secondary N) is 1. The van der Waals surface area contributed by atoms with Crippen LogP contribution in [0.2, 0.25) is 0 Å². The smallest absolute Gasteiger partial charge is 0.339 e. The van der Waals surface area contributed by atoms with Gasteiger partial charge in [-0.25, -0.2) is 9.18 Å². The summed E-state index contributed by atoms with van der Waals surface area (Å²) in [5, 5.41) is 2.49. The summed E-state index contributed by atoms with van der Waals surface area (Å²) in [7, 11) is 1.22. The Morgan fingerprint density at radius 3 is 2.74 bits per heavy atom. The van der Waals surface area contributed by atoms with Gasteiger partial charge in [0.15, 0.2) is 0 Å². The lowest BCUT2D eigenvalue weighted by molar-refractivity contribution is -0.116. The maximum atomic E-state index is 13.2. The third-order valence-corrected chi connectivity index (χ3v) is 2.49. The number of methoxy groups -OCH3 is 1. The zero-order chi connectivity index (χ0) is 14.4. The number of ether oxygens (including phenoxy) is 1. The van der Waals surface area contributed by atoms with Gasteiger partial charge in [0.1, 0.15) is 5.82 Å². The van der Waals surface area contributed by atoms with Crippen molar-refractivity contribution in [3.63, 3.8) is 0 Å². The van der Waals surface area contributed by atoms with Crippen LogP contribution in [-0.4, -0.2) is 25.0 Å². The Labute approximate surface area is 110 Å². The SMILES string of the molecule is COC(=O)c1ccc(F)cc1NC(=O)CCC(C)N. The lowest BCUT2D eigenvalue weighted by atomic mass is 10.1. The number of hydrogen-bond acceptors (Lipinski definition) is 4. The molecule has 0 aliphatic carbocycles. The molecule has 1 atom stereocenters. The number of rotatable bonds is 5. The van der Waals surface area contributed by atoms with Crippen molar-refractivity contribution >= 4 is 17.6 Å². The predicted molar refractivity (Wildman–Crippen MR) is 69.3 cm³/mol. The van der Waals surface area contributed by atoms with Crippen molar-refractivity contribution in [1.82, 2.24) is 0 Å². The van der Waals surface area contributed by atoms with Crippen LogP contribution in [0.3, 0.4) is 0 Å². The number of nitrogens with two attached hydrogens (primary N) is 1. The first-order valence-corrected chi connectivity index (χ1v) is 5.87. The minimum Gasteiger partial charge on any atom is -0.465 e. The van der Waals surface area contributed by atoms with Gasteiger partial charge in [0, 0.05) is 12.5 Å². The molecule has 0 fully saturated rings. The van der Waals surface area contributed by atoms with Crippen molar-refractivity contribution < 1.29 is 18.7 Å². The molecule has 5 nitrogen and oxygen atoms in total. The normalized spacial score (nSPS) is 11.8. The number of amides is 1. The van der Waals surface area contributed by atoms with Gasteiger partial charge in [0.05, 0.1) is 18.4 Å². The average Bonchev–Trinajstić information content (AvgIpc) is 2.35. The van der Waals surface area contributed by atoms with Crippen molar-refractivity contribution in [2.75, 3.05) is 12.4 Å². The molecule has 0 saturated carbocycles. The molecule has 1 rings (SSSR count). The molecule has 3 N–H and O–H groups in total. The number of carbonyl (C=O) groups is 2. The second-order valence-electron chi connectivity index (χ2n) is 4.25. The quantitative estimate of drug-likeness (QED) is 0.796. The van der Waals surface area contributed by atoms with Crippen molar-refractivity contribution in [1.29, 1.82) is 0 Å². The molecule has 0 spiro atoms. The minimum atomic E-state index is -0.637. The van der Waals surface area contributed by atoms with Crippen LogP contribution in [0.1, 0.15) is 30.1 Å². The van der Waals surface area contributed by atoms with Gasteiger partial charge in [-0.15, -0.1) is 0 Å². The van der Waals surface area contributed by atoms with Crippen LogP contribution >= 0.6 is 0 Å². The Bertz CT molecular complexity index is 475. The monoisotopic (exact) mass is 268 g/mol. The molecule has 0 bridgehead atoms. The highest BCUT2D eigenvalue weighted by Crippen LogP contribution is 2.18. The molecule has 19 heavy (non-hydrogen) atoms. The summed E-state index contributed by atoms with van der Waals surface area (Å²) in [6.07, 6.45) is 0.712. The highest BCUT2D eigenvalue weighted by Gasteiger charge is 2.15. The van der Waals surface area contributed by atoms with Gasteiger partial charge in [-0.1, -0.05) is 0 Å². The van der Waals surface area contributed by atoms with E-state index in [0.29, 0.717) is 6.42 Å². The van der Waals surface area contributed by atoms with E-state index in [1.54, 1.807) is 6.92 Å². The number of benzene rings is 1. The minimum absolute atomic E-state index is 0.0986. The molecule has 0 aliphatic heterocycles. The first-order chi connectivity index (χ1) is 8.93. The fourth-order valence-electron chi connectivity index (χ4n) is 1.48. The molecule has 6 heteroatoms. The fourth-order valence-corrected chi connectivity index (χ4v) is 1.48. The van der Waals surface area contributed by atoms with E-state index in [4.69, 9.17) is 5.73 Å². The van der Waals surface area contributed by atoms with Crippen LogP contribution in [0.4, 0.5) is 10.1 Å². The zero-order valence-electron chi connectivity index (χ0n) is 10.9. The first-order valence-electron chi connectivity index (χ1n) is 5.87. The average molecular weight is 268 g/mol. The van der Waals surface area contributed by atoms with Crippen molar-refractivity contribution in [2.45, 2.75) is 25.8 Å². The molecule has 0 radical (unpaired) electrons. The molecule has 0 heterocycles. The Balaban J connectivity index is 2.84. The molecule has 1 unspecified atom stereocenters. The topological polar surface area (TPSA) is 81.4 Å². The molecule has 1 aromatic carbocycles. The Morgan fingerprint density at radius 2 is 2.16 bits per heavy atom. The van der Waals surface area contributed by atoms with Gasteiger partial charge in [0.25, 0.3) is 0 Å². The number of halogens is 1. The standard InChI is InChI=1S/C13H17FN2O3/c1-8(15)3-6-12(17)16-11-7-9(14)4-5-10(11)13(18)19-2/h4-5,7-8H,3,6,15H2,1-2H3,(H,16,17). The summed E-state index contributed by atoms with van der Waals surface area (Å²) in [4.78, 5) is 23.1. The van der Waals surface area contributed by atoms with Crippen LogP contribution in [0.25, 0.3) is 0 Å². The molecule has 0 saturated heterocycles. The lowest BCUT2D eigenvalue weighted by Gasteiger charge is -2.10. The van der Waals surface area contributed by atoms with Crippen LogP contribution in [0.5, 0.6) is 0 Å². The van der Waals surface area contributed by atoms with E-state index in [1.807, 2.05) is 0 Å². The number of anilines is 1. The van der Waals surface area contributed by atoms with Crippen molar-refractivity contribution in [3.8, 4) is 0 Å². The van der Waals surface area contributed by atoms with Crippen LogP contribution in [0.15, 0.2) is 18.2 Å². The summed E-state index contributed by atoms with van der Waals surface area (Å²) in [6.45, 7) is 1.79. The summed E-state index contributed by atoms with van der Waals surface area (Å²) >= 11 is 0. The van der Waals surface area contributed by atoms with Gasteiger partial charge in [0.2, 0.25) is 5.91 Å². The third kappa shape index (κ3) is 4.67. The Kier molecular flexibility index (Phi) is 5.44. The van der Waals surface area contributed by atoms with E-state index < -0.39 is 11.8 Å². The summed E-state index contributed by atoms with van der Waals surface area (Å²) in [5.74, 6) is -1.51. The summed E-state index contributed by atoms with van der Waals surface area (Å²) < 4.78 is 17.7. The van der Waals surface area contributed by atoms with E-state index in [0.717, 1.165) is 12.1 Å². The van der Waals surface area contributed by atoms with Crippen LogP contribution in [-0.2, 0) is 9.53 Å². The van der Waals surface area contributed by atoms with E-state index in [2.05, 4.69) is 10.1 Å². The lowest BCUT2D eigenvalue weighted by Crippen LogP contribution is -2.20. The highest BCUT2D eigenvalue weighted by molar-refractivity contribution is 6.01. The van der Waals surface area contributed by atoms with E-state index in [-0.39, 0.29) is 29.6 Å². The molecule has 0 aromatic heterocycles. The summed E-state index contributed by atoms with van der Waals surface area (Å²) in [6, 6.07) is 3.38. The Hall–Kier alpha value is -1.95. The van der Waals surface area contributed by atoms with Gasteiger partial charge in [-0.2, -0.15) is 0 Å². The van der Waals surface area contributed by atoms with E-state index >= 15 is 0 Å². The molecule has 0 aliphatic rings. The molecular weight excluding hydrogens is 251 g/mol. The molecule has 1 aromatic rings. The summed E-state index contributed by atoms with van der Waals surface area (Å²) in [5.41, 5.74) is 5.75. The van der Waals surface area contributed by atoms with Crippen LogP contribution < -0.4 is 11.1 Å².